The number of amides is 1. The van der Waals surface area contributed by atoms with E-state index >= 15 is 0 Å². The molecule has 150 valence electrons. The van der Waals surface area contributed by atoms with Crippen molar-refractivity contribution in [2.45, 2.75) is 24.7 Å². The van der Waals surface area contributed by atoms with E-state index < -0.39 is 21.7 Å². The summed E-state index contributed by atoms with van der Waals surface area (Å²) in [4.78, 5) is 14.1. The molecule has 3 rings (SSSR count). The van der Waals surface area contributed by atoms with Crippen molar-refractivity contribution in [3.05, 3.63) is 53.8 Å². The molecule has 6 nitrogen and oxygen atoms in total. The van der Waals surface area contributed by atoms with Crippen molar-refractivity contribution in [1.29, 1.82) is 0 Å². The first kappa shape index (κ1) is 20.3. The predicted molar refractivity (Wildman–Crippen MR) is 105 cm³/mol. The van der Waals surface area contributed by atoms with E-state index in [-0.39, 0.29) is 10.5 Å². The van der Waals surface area contributed by atoms with E-state index in [0.717, 1.165) is 25.0 Å². The third kappa shape index (κ3) is 3.88. The van der Waals surface area contributed by atoms with Gasteiger partial charge in [0, 0.05) is 20.1 Å². The number of ether oxygens (including phenoxy) is 1. The third-order valence-corrected chi connectivity index (χ3v) is 6.60. The molecule has 0 atom stereocenters. The first-order chi connectivity index (χ1) is 13.4. The van der Waals surface area contributed by atoms with E-state index in [0.29, 0.717) is 31.1 Å². The summed E-state index contributed by atoms with van der Waals surface area (Å²) < 4.78 is 46.8. The molecule has 0 aliphatic carbocycles. The number of carbonyl (C=O) groups excluding carboxylic acids is 1. The summed E-state index contributed by atoms with van der Waals surface area (Å²) >= 11 is 0. The number of sulfonamides is 1. The van der Waals surface area contributed by atoms with Crippen LogP contribution in [0, 0.1) is 5.82 Å². The zero-order valence-corrected chi connectivity index (χ0v) is 16.7. The van der Waals surface area contributed by atoms with Crippen LogP contribution in [0.15, 0.2) is 47.4 Å². The Labute approximate surface area is 164 Å². The second kappa shape index (κ2) is 8.28. The highest BCUT2D eigenvalue weighted by Crippen LogP contribution is 2.29. The van der Waals surface area contributed by atoms with E-state index in [1.165, 1.54) is 22.3 Å². The Bertz CT molecular complexity index is 972. The highest BCUT2D eigenvalue weighted by Gasteiger charge is 2.29. The lowest BCUT2D eigenvalue weighted by Crippen LogP contribution is -2.30. The molecule has 1 amide bonds. The van der Waals surface area contributed by atoms with Crippen molar-refractivity contribution in [3.8, 4) is 5.75 Å². The van der Waals surface area contributed by atoms with Crippen LogP contribution in [-0.2, 0) is 10.0 Å². The molecule has 0 bridgehead atoms. The molecule has 0 spiro atoms. The molecule has 1 aliphatic heterocycles. The van der Waals surface area contributed by atoms with Crippen LogP contribution in [0.1, 0.15) is 30.1 Å². The van der Waals surface area contributed by atoms with Crippen LogP contribution in [0.4, 0.5) is 10.1 Å². The Morgan fingerprint density at radius 1 is 1.18 bits per heavy atom. The minimum Gasteiger partial charge on any atom is -0.492 e. The van der Waals surface area contributed by atoms with Crippen LogP contribution >= 0.6 is 0 Å². The molecule has 0 N–H and O–H groups in total. The van der Waals surface area contributed by atoms with Crippen molar-refractivity contribution in [3.63, 3.8) is 0 Å². The fourth-order valence-corrected chi connectivity index (χ4v) is 4.75. The van der Waals surface area contributed by atoms with Gasteiger partial charge in [-0.2, -0.15) is 4.31 Å². The van der Waals surface area contributed by atoms with Crippen LogP contribution in [0.3, 0.4) is 0 Å². The third-order valence-electron chi connectivity index (χ3n) is 4.70. The normalized spacial score (nSPS) is 14.8. The molecule has 8 heteroatoms. The lowest BCUT2D eigenvalue weighted by Gasteiger charge is -2.21. The van der Waals surface area contributed by atoms with Gasteiger partial charge in [-0.3, -0.25) is 4.79 Å². The first-order valence-electron chi connectivity index (χ1n) is 9.16. The summed E-state index contributed by atoms with van der Waals surface area (Å²) in [6.45, 7) is 3.11. The van der Waals surface area contributed by atoms with Gasteiger partial charge < -0.3 is 9.64 Å². The number of anilines is 1. The Balaban J connectivity index is 1.96. The molecule has 1 aliphatic rings. The Hall–Kier alpha value is -2.45. The quantitative estimate of drug-likeness (QED) is 0.738. The van der Waals surface area contributed by atoms with Crippen molar-refractivity contribution in [1.82, 2.24) is 4.31 Å². The molecule has 0 radical (unpaired) electrons. The van der Waals surface area contributed by atoms with Crippen LogP contribution < -0.4 is 9.64 Å². The van der Waals surface area contributed by atoms with E-state index in [4.69, 9.17) is 4.74 Å². The van der Waals surface area contributed by atoms with Crippen LogP contribution in [-0.4, -0.2) is 45.4 Å². The van der Waals surface area contributed by atoms with Crippen molar-refractivity contribution in [2.75, 3.05) is 31.6 Å². The molecule has 0 aromatic heterocycles. The second-order valence-electron chi connectivity index (χ2n) is 6.52. The van der Waals surface area contributed by atoms with Gasteiger partial charge >= 0.3 is 0 Å². The van der Waals surface area contributed by atoms with Crippen LogP contribution in [0.2, 0.25) is 0 Å². The lowest BCUT2D eigenvalue weighted by atomic mass is 10.1. The highest BCUT2D eigenvalue weighted by atomic mass is 32.2. The Morgan fingerprint density at radius 3 is 2.54 bits per heavy atom. The van der Waals surface area contributed by atoms with Gasteiger partial charge in [0.1, 0.15) is 11.6 Å². The fraction of sp³-hybridized carbons (Fsp3) is 0.350. The molecule has 28 heavy (non-hydrogen) atoms. The molecular formula is C20H23FN2O4S. The SMILES string of the molecule is CCOc1ccccc1N(C)C(=O)c1cc(S(=O)(=O)N2CCCC2)ccc1F. The van der Waals surface area contributed by atoms with Gasteiger partial charge in [-0.1, -0.05) is 12.1 Å². The van der Waals surface area contributed by atoms with E-state index in [1.54, 1.807) is 24.3 Å². The monoisotopic (exact) mass is 406 g/mol. The Kier molecular flexibility index (Phi) is 6.00. The van der Waals surface area contributed by atoms with Gasteiger partial charge in [0.2, 0.25) is 10.0 Å². The van der Waals surface area contributed by atoms with Gasteiger partial charge in [0.15, 0.2) is 0 Å². The van der Waals surface area contributed by atoms with Gasteiger partial charge in [-0.05, 0) is 50.1 Å². The summed E-state index contributed by atoms with van der Waals surface area (Å²) in [7, 11) is -2.25. The lowest BCUT2D eigenvalue weighted by molar-refractivity contribution is 0.0988. The summed E-state index contributed by atoms with van der Waals surface area (Å²) in [6, 6.07) is 10.3. The van der Waals surface area contributed by atoms with E-state index in [2.05, 4.69) is 0 Å². The number of nitrogens with zero attached hydrogens (tertiary/aromatic N) is 2. The highest BCUT2D eigenvalue weighted by molar-refractivity contribution is 7.89. The van der Waals surface area contributed by atoms with E-state index in [9.17, 15) is 17.6 Å². The van der Waals surface area contributed by atoms with Gasteiger partial charge in [0.25, 0.3) is 5.91 Å². The standard InChI is InChI=1S/C20H23FN2O4S/c1-3-27-19-9-5-4-8-18(19)22(2)20(24)16-14-15(10-11-17(16)21)28(25,26)23-12-6-7-13-23/h4-5,8-11,14H,3,6-7,12-13H2,1-2H3. The molecule has 2 aromatic rings. The zero-order valence-electron chi connectivity index (χ0n) is 15.9. The molecule has 1 saturated heterocycles. The predicted octanol–water partition coefficient (Wildman–Crippen LogP) is 3.29. The van der Waals surface area contributed by atoms with Crippen molar-refractivity contribution in [2.24, 2.45) is 0 Å². The van der Waals surface area contributed by atoms with Crippen molar-refractivity contribution >= 4 is 21.6 Å². The van der Waals surface area contributed by atoms with Gasteiger partial charge in [0.05, 0.1) is 22.8 Å². The number of rotatable bonds is 6. The fourth-order valence-electron chi connectivity index (χ4n) is 3.21. The molecule has 0 saturated carbocycles. The number of benzene rings is 2. The summed E-state index contributed by atoms with van der Waals surface area (Å²) in [5.41, 5.74) is 0.177. The summed E-state index contributed by atoms with van der Waals surface area (Å²) in [6.07, 6.45) is 1.59. The van der Waals surface area contributed by atoms with Crippen LogP contribution in [0.25, 0.3) is 0 Å². The number of hydrogen-bond donors (Lipinski definition) is 0. The smallest absolute Gasteiger partial charge is 0.261 e. The number of hydrogen-bond acceptors (Lipinski definition) is 4. The Morgan fingerprint density at radius 2 is 1.86 bits per heavy atom. The summed E-state index contributed by atoms with van der Waals surface area (Å²) in [5.74, 6) is -0.934. The van der Waals surface area contributed by atoms with Crippen LogP contribution in [0.5, 0.6) is 5.75 Å². The van der Waals surface area contributed by atoms with E-state index in [1.807, 2.05) is 6.92 Å². The first-order valence-corrected chi connectivity index (χ1v) is 10.6. The van der Waals surface area contributed by atoms with Gasteiger partial charge in [-0.15, -0.1) is 0 Å². The molecular weight excluding hydrogens is 383 g/mol. The topological polar surface area (TPSA) is 66.9 Å². The number of halogens is 1. The number of carbonyl (C=O) groups is 1. The average molecular weight is 406 g/mol. The van der Waals surface area contributed by atoms with Crippen molar-refractivity contribution < 1.29 is 22.3 Å². The minimum atomic E-state index is -3.75. The second-order valence-corrected chi connectivity index (χ2v) is 8.46. The molecule has 1 fully saturated rings. The maximum Gasteiger partial charge on any atom is 0.261 e. The maximum absolute atomic E-state index is 14.4. The average Bonchev–Trinajstić information content (AvgIpc) is 3.23. The molecule has 2 aromatic carbocycles. The number of para-hydroxylation sites is 2. The molecule has 0 unspecified atom stereocenters. The maximum atomic E-state index is 14.4. The molecule has 1 heterocycles. The minimum absolute atomic E-state index is 0.0781. The zero-order chi connectivity index (χ0) is 20.3. The van der Waals surface area contributed by atoms with Gasteiger partial charge in [-0.25, -0.2) is 12.8 Å². The largest absolute Gasteiger partial charge is 0.492 e. The summed E-state index contributed by atoms with van der Waals surface area (Å²) in [5, 5.41) is 0.